The fourth-order valence-electron chi connectivity index (χ4n) is 4.86. The molecule has 0 amide bonds. The Bertz CT molecular complexity index is 1860. The van der Waals surface area contributed by atoms with Crippen molar-refractivity contribution in [2.45, 2.75) is 5.54 Å². The van der Waals surface area contributed by atoms with Gasteiger partial charge in [0, 0.05) is 13.1 Å². The van der Waals surface area contributed by atoms with Crippen LogP contribution in [0.5, 0.6) is 0 Å². The van der Waals surface area contributed by atoms with Gasteiger partial charge in [-0.2, -0.15) is 0 Å². The zero-order chi connectivity index (χ0) is 30.7. The quantitative estimate of drug-likeness (QED) is 0.145. The third kappa shape index (κ3) is 5.15. The largest absolute Gasteiger partial charge is 0.446 e. The van der Waals surface area contributed by atoms with E-state index in [1.165, 1.54) is 0 Å². The third-order valence-electron chi connectivity index (χ3n) is 6.73. The molecule has 4 aromatic carbocycles. The van der Waals surface area contributed by atoms with Crippen molar-refractivity contribution < 1.29 is 16.3 Å². The van der Waals surface area contributed by atoms with Crippen LogP contribution >= 0.6 is 15.9 Å². The van der Waals surface area contributed by atoms with Crippen LogP contribution in [-0.2, 0) is 5.54 Å². The highest BCUT2D eigenvalue weighted by atomic mass is 79.9. The SMILES string of the molecule is [2H]c1cc(F)c(Br)c([2H])c1-n1c(-c2nonc2NCCNC(c2ccccc2)(c2ccccc2)c2ccccc2)noc1=O. The maximum Gasteiger partial charge on any atom is 0.446 e. The van der Waals surface area contributed by atoms with Crippen LogP contribution in [0.4, 0.5) is 10.2 Å². The van der Waals surface area contributed by atoms with Crippen molar-refractivity contribution in [3.8, 4) is 17.2 Å². The molecule has 0 fully saturated rings. The molecule has 0 bridgehead atoms. The van der Waals surface area contributed by atoms with E-state index in [-0.39, 0.29) is 27.5 Å². The lowest BCUT2D eigenvalue weighted by Gasteiger charge is -2.37. The van der Waals surface area contributed by atoms with Crippen molar-refractivity contribution in [2.24, 2.45) is 0 Å². The van der Waals surface area contributed by atoms with E-state index < -0.39 is 29.2 Å². The second-order valence-electron chi connectivity index (χ2n) is 9.19. The highest BCUT2D eigenvalue weighted by Gasteiger charge is 2.35. The minimum absolute atomic E-state index is 0.00976. The van der Waals surface area contributed by atoms with E-state index in [4.69, 9.17) is 11.9 Å². The molecule has 2 heterocycles. The van der Waals surface area contributed by atoms with Crippen LogP contribution in [0.2, 0.25) is 0 Å². The molecule has 0 aliphatic heterocycles. The molecule has 6 aromatic rings. The van der Waals surface area contributed by atoms with Crippen molar-refractivity contribution >= 4 is 21.7 Å². The molecule has 0 saturated heterocycles. The number of anilines is 1. The highest BCUT2D eigenvalue weighted by molar-refractivity contribution is 9.10. The second-order valence-corrected chi connectivity index (χ2v) is 9.99. The molecule has 0 saturated carbocycles. The lowest BCUT2D eigenvalue weighted by Crippen LogP contribution is -2.46. The number of rotatable bonds is 10. The van der Waals surface area contributed by atoms with Gasteiger partial charge in [-0.25, -0.2) is 18.4 Å². The average molecular weight is 629 g/mol. The van der Waals surface area contributed by atoms with E-state index in [9.17, 15) is 9.18 Å². The fraction of sp³-hybridized carbons (Fsp3) is 0.0968. The number of nitrogens with one attached hydrogen (secondary N) is 2. The van der Waals surface area contributed by atoms with Crippen LogP contribution in [0.25, 0.3) is 17.2 Å². The van der Waals surface area contributed by atoms with Gasteiger partial charge in [-0.3, -0.25) is 9.84 Å². The monoisotopic (exact) mass is 628 g/mol. The maximum atomic E-state index is 14.1. The first kappa shape index (κ1) is 24.9. The van der Waals surface area contributed by atoms with Crippen LogP contribution in [-0.4, -0.2) is 33.1 Å². The van der Waals surface area contributed by atoms with Crippen molar-refractivity contribution in [1.82, 2.24) is 25.4 Å². The molecule has 9 nitrogen and oxygen atoms in total. The molecule has 2 N–H and O–H groups in total. The molecule has 210 valence electrons. The van der Waals surface area contributed by atoms with E-state index in [1.807, 2.05) is 54.6 Å². The van der Waals surface area contributed by atoms with Crippen molar-refractivity contribution in [3.63, 3.8) is 0 Å². The van der Waals surface area contributed by atoms with E-state index in [2.05, 4.69) is 78.4 Å². The van der Waals surface area contributed by atoms with Gasteiger partial charge in [-0.05, 0) is 61.1 Å². The van der Waals surface area contributed by atoms with Crippen molar-refractivity contribution in [1.29, 1.82) is 0 Å². The van der Waals surface area contributed by atoms with Gasteiger partial charge in [0.2, 0.25) is 11.6 Å². The molecule has 0 aliphatic rings. The van der Waals surface area contributed by atoms with Gasteiger partial charge in [0.15, 0.2) is 5.69 Å². The van der Waals surface area contributed by atoms with Crippen molar-refractivity contribution in [3.05, 3.63) is 147 Å². The molecule has 0 radical (unpaired) electrons. The summed E-state index contributed by atoms with van der Waals surface area (Å²) in [4.78, 5) is 12.7. The number of hydrogen-bond donors (Lipinski definition) is 2. The summed E-state index contributed by atoms with van der Waals surface area (Å²) in [5.74, 6) is -1.82. The Balaban J connectivity index is 1.31. The molecular weight excluding hydrogens is 603 g/mol. The minimum atomic E-state index is -0.991. The number of halogens is 2. The molecule has 2 aromatic heterocycles. The van der Waals surface area contributed by atoms with Crippen LogP contribution in [0, 0.1) is 5.82 Å². The van der Waals surface area contributed by atoms with E-state index >= 15 is 0 Å². The van der Waals surface area contributed by atoms with Crippen LogP contribution < -0.4 is 16.4 Å². The molecule has 0 spiro atoms. The highest BCUT2D eigenvalue weighted by Crippen LogP contribution is 2.36. The lowest BCUT2D eigenvalue weighted by atomic mass is 9.77. The fourth-order valence-corrected chi connectivity index (χ4v) is 5.17. The normalized spacial score (nSPS) is 12.1. The Labute approximate surface area is 250 Å². The topological polar surface area (TPSA) is 111 Å². The number of hydrogen-bond acceptors (Lipinski definition) is 8. The molecular formula is C31H24BrFN6O3. The number of aromatic nitrogens is 4. The van der Waals surface area contributed by atoms with Gasteiger partial charge in [-0.15, -0.1) is 0 Å². The Hall–Kier alpha value is -4.87. The zero-order valence-electron chi connectivity index (χ0n) is 23.9. The van der Waals surface area contributed by atoms with Crippen LogP contribution in [0.3, 0.4) is 0 Å². The standard InChI is InChI=1S/C31H24BrFN6O3/c32-25-20-24(16-17-26(25)33)39-29(38-41-30(39)40)27-28(37-42-36-27)34-18-19-35-31(21-10-4-1-5-11-21,22-12-6-2-7-13-22)23-14-8-3-9-15-23/h1-17,20,35H,18-19H2,(H,34,37)/i16D,20D. The van der Waals surface area contributed by atoms with Gasteiger partial charge >= 0.3 is 5.76 Å². The summed E-state index contributed by atoms with van der Waals surface area (Å²) >= 11 is 2.99. The Morgan fingerprint density at radius 1 is 0.857 bits per heavy atom. The summed E-state index contributed by atoms with van der Waals surface area (Å²) in [5.41, 5.74) is 2.24. The predicted octanol–water partition coefficient (Wildman–Crippen LogP) is 5.77. The third-order valence-corrected chi connectivity index (χ3v) is 7.31. The van der Waals surface area contributed by atoms with Crippen LogP contribution in [0.15, 0.2) is 128 Å². The summed E-state index contributed by atoms with van der Waals surface area (Å²) < 4.78 is 41.1. The first-order chi connectivity index (χ1) is 21.4. The maximum absolute atomic E-state index is 14.1. The molecule has 6 rings (SSSR count). The van der Waals surface area contributed by atoms with E-state index in [0.29, 0.717) is 13.1 Å². The smallest absolute Gasteiger partial charge is 0.364 e. The second kappa shape index (κ2) is 11.9. The van der Waals surface area contributed by atoms with Gasteiger partial charge in [0.25, 0.3) is 0 Å². The number of benzene rings is 4. The Kier molecular flexibility index (Phi) is 7.07. The first-order valence-electron chi connectivity index (χ1n) is 13.9. The summed E-state index contributed by atoms with van der Waals surface area (Å²) in [6.45, 7) is 0.780. The number of nitrogens with zero attached hydrogens (tertiary/aromatic N) is 4. The zero-order valence-corrected chi connectivity index (χ0v) is 23.5. The van der Waals surface area contributed by atoms with E-state index in [0.717, 1.165) is 27.3 Å². The van der Waals surface area contributed by atoms with Gasteiger partial charge < -0.3 is 5.32 Å². The summed E-state index contributed by atoms with van der Waals surface area (Å²) in [5, 5.41) is 18.5. The lowest BCUT2D eigenvalue weighted by molar-refractivity contribution is 0.309. The van der Waals surface area contributed by atoms with Crippen molar-refractivity contribution in [2.75, 3.05) is 18.4 Å². The summed E-state index contributed by atoms with van der Waals surface area (Å²) in [6.07, 6.45) is 0. The average Bonchev–Trinajstić information content (AvgIpc) is 3.67. The van der Waals surface area contributed by atoms with Gasteiger partial charge in [0.1, 0.15) is 5.82 Å². The molecule has 42 heavy (non-hydrogen) atoms. The predicted molar refractivity (Wildman–Crippen MR) is 159 cm³/mol. The Morgan fingerprint density at radius 2 is 1.45 bits per heavy atom. The van der Waals surface area contributed by atoms with E-state index in [1.54, 1.807) is 0 Å². The molecule has 0 aliphatic carbocycles. The summed E-state index contributed by atoms with van der Waals surface area (Å²) in [7, 11) is 0. The van der Waals surface area contributed by atoms with Crippen LogP contribution in [0.1, 0.15) is 19.4 Å². The van der Waals surface area contributed by atoms with Gasteiger partial charge in [-0.1, -0.05) is 96.2 Å². The minimum Gasteiger partial charge on any atom is -0.364 e. The summed E-state index contributed by atoms with van der Waals surface area (Å²) in [6, 6.07) is 30.5. The first-order valence-corrected chi connectivity index (χ1v) is 13.7. The van der Waals surface area contributed by atoms with Gasteiger partial charge in [0.05, 0.1) is 18.4 Å². The molecule has 0 atom stereocenters. The Morgan fingerprint density at radius 3 is 2.05 bits per heavy atom. The molecule has 11 heteroatoms. The molecule has 0 unspecified atom stereocenters.